The number of rotatable bonds is 8. The summed E-state index contributed by atoms with van der Waals surface area (Å²) >= 11 is 0. The van der Waals surface area contributed by atoms with Crippen LogP contribution < -0.4 is 20.3 Å². The Balaban J connectivity index is 2.46. The average molecular weight is 361 g/mol. The van der Waals surface area contributed by atoms with E-state index in [4.69, 9.17) is 10.6 Å². The lowest BCUT2D eigenvalue weighted by Gasteiger charge is -2.24. The van der Waals surface area contributed by atoms with E-state index in [0.29, 0.717) is 5.75 Å². The number of benzene rings is 2. The molecule has 25 heavy (non-hydrogen) atoms. The summed E-state index contributed by atoms with van der Waals surface area (Å²) in [5.41, 5.74) is 2.23. The molecule has 2 aromatic carbocycles. The molecule has 0 unspecified atom stereocenters. The molecule has 0 bridgehead atoms. The molecular weight excluding hydrogens is 342 g/mol. The first-order valence-electron chi connectivity index (χ1n) is 7.40. The molecule has 0 aliphatic carbocycles. The van der Waals surface area contributed by atoms with Gasteiger partial charge < -0.3 is 4.74 Å². The zero-order valence-corrected chi connectivity index (χ0v) is 14.3. The highest BCUT2D eigenvalue weighted by Crippen LogP contribution is 2.26. The molecule has 0 aliphatic rings. The summed E-state index contributed by atoms with van der Waals surface area (Å²) in [6, 6.07) is 14.3. The number of ether oxygens (including phenoxy) is 1. The van der Waals surface area contributed by atoms with Crippen LogP contribution in [0.5, 0.6) is 5.75 Å². The minimum absolute atomic E-state index is 0.0669. The van der Waals surface area contributed by atoms with Crippen molar-refractivity contribution in [2.75, 3.05) is 17.5 Å². The molecule has 0 aromatic heterocycles. The van der Waals surface area contributed by atoms with E-state index in [1.165, 1.54) is 18.2 Å². The molecule has 8 heteroatoms. The Hall–Kier alpha value is -2.84. The van der Waals surface area contributed by atoms with Gasteiger partial charge in [0, 0.05) is 6.07 Å². The summed E-state index contributed by atoms with van der Waals surface area (Å²) in [6.45, 7) is 3.38. The minimum Gasteiger partial charge on any atom is -0.489 e. The number of nitrogens with one attached hydrogen (secondary N) is 1. The van der Waals surface area contributed by atoms with Crippen molar-refractivity contribution in [2.24, 2.45) is 5.84 Å². The second kappa shape index (κ2) is 8.32. The second-order valence-electron chi connectivity index (χ2n) is 4.99. The largest absolute Gasteiger partial charge is 0.489 e. The number of hydrazine groups is 1. The van der Waals surface area contributed by atoms with Crippen LogP contribution in [0.15, 0.2) is 72.1 Å². The van der Waals surface area contributed by atoms with E-state index in [1.807, 2.05) is 5.43 Å². The molecule has 0 fully saturated rings. The Morgan fingerprint density at radius 3 is 2.56 bits per heavy atom. The van der Waals surface area contributed by atoms with E-state index in [0.717, 1.165) is 4.31 Å². The van der Waals surface area contributed by atoms with Gasteiger partial charge in [0.25, 0.3) is 15.9 Å². The summed E-state index contributed by atoms with van der Waals surface area (Å²) < 4.78 is 32.3. The summed E-state index contributed by atoms with van der Waals surface area (Å²) in [4.78, 5) is 11.8. The highest BCUT2D eigenvalue weighted by atomic mass is 32.2. The number of nitrogens with zero attached hydrogens (tertiary/aromatic N) is 1. The molecule has 0 aliphatic heterocycles. The van der Waals surface area contributed by atoms with Crippen molar-refractivity contribution in [3.63, 3.8) is 0 Å². The van der Waals surface area contributed by atoms with E-state index >= 15 is 0 Å². The predicted octanol–water partition coefficient (Wildman–Crippen LogP) is 1.44. The second-order valence-corrected chi connectivity index (χ2v) is 6.85. The highest BCUT2D eigenvalue weighted by molar-refractivity contribution is 7.92. The lowest BCUT2D eigenvalue weighted by atomic mass is 10.3. The Labute approximate surface area is 146 Å². The average Bonchev–Trinajstić information content (AvgIpc) is 2.65. The van der Waals surface area contributed by atoms with Gasteiger partial charge in [0.2, 0.25) is 0 Å². The van der Waals surface area contributed by atoms with Crippen molar-refractivity contribution in [3.05, 3.63) is 67.3 Å². The molecule has 132 valence electrons. The van der Waals surface area contributed by atoms with E-state index in [1.54, 1.807) is 42.5 Å². The maximum Gasteiger partial charge on any atom is 0.264 e. The first-order valence-corrected chi connectivity index (χ1v) is 8.84. The summed E-state index contributed by atoms with van der Waals surface area (Å²) in [6.07, 6.45) is 1.58. The van der Waals surface area contributed by atoms with E-state index in [-0.39, 0.29) is 17.2 Å². The lowest BCUT2D eigenvalue weighted by molar-refractivity contribution is -0.119. The van der Waals surface area contributed by atoms with Gasteiger partial charge in [-0.05, 0) is 24.3 Å². The van der Waals surface area contributed by atoms with Crippen molar-refractivity contribution in [2.45, 2.75) is 4.90 Å². The molecule has 0 atom stereocenters. The smallest absolute Gasteiger partial charge is 0.264 e. The molecule has 0 spiro atoms. The standard InChI is InChI=1S/C17H19N3O4S/c1-2-11-24-15-8-6-7-14(12-15)20(13-17(21)19-18)25(22,23)16-9-4-3-5-10-16/h2-10,12H,1,11,13,18H2,(H,19,21). The fraction of sp³-hybridized carbons (Fsp3) is 0.118. The van der Waals surface area contributed by atoms with Crippen molar-refractivity contribution < 1.29 is 17.9 Å². The minimum atomic E-state index is -3.96. The van der Waals surface area contributed by atoms with Crippen LogP contribution in [0, 0.1) is 0 Å². The van der Waals surface area contributed by atoms with Gasteiger partial charge in [0.15, 0.2) is 0 Å². The molecule has 2 aromatic rings. The number of hydrogen-bond acceptors (Lipinski definition) is 5. The topological polar surface area (TPSA) is 102 Å². The number of sulfonamides is 1. The number of hydrogen-bond donors (Lipinski definition) is 2. The van der Waals surface area contributed by atoms with Crippen LogP contribution >= 0.6 is 0 Å². The monoisotopic (exact) mass is 361 g/mol. The number of carbonyl (C=O) groups is 1. The van der Waals surface area contributed by atoms with Crippen LogP contribution in [-0.4, -0.2) is 27.5 Å². The molecule has 0 heterocycles. The van der Waals surface area contributed by atoms with Gasteiger partial charge in [-0.2, -0.15) is 0 Å². The Morgan fingerprint density at radius 1 is 1.20 bits per heavy atom. The summed E-state index contributed by atoms with van der Waals surface area (Å²) in [5, 5.41) is 0. The maximum absolute atomic E-state index is 13.0. The van der Waals surface area contributed by atoms with Gasteiger partial charge in [0.05, 0.1) is 10.6 Å². The van der Waals surface area contributed by atoms with E-state index in [9.17, 15) is 13.2 Å². The number of anilines is 1. The van der Waals surface area contributed by atoms with Crippen LogP contribution in [0.3, 0.4) is 0 Å². The molecule has 1 amide bonds. The van der Waals surface area contributed by atoms with Crippen LogP contribution in [0.4, 0.5) is 5.69 Å². The van der Waals surface area contributed by atoms with Gasteiger partial charge in [-0.25, -0.2) is 14.3 Å². The first kappa shape index (κ1) is 18.5. The number of nitrogens with two attached hydrogens (primary N) is 1. The van der Waals surface area contributed by atoms with Crippen LogP contribution in [-0.2, 0) is 14.8 Å². The van der Waals surface area contributed by atoms with Crippen molar-refractivity contribution in [1.82, 2.24) is 5.43 Å². The molecule has 0 saturated heterocycles. The van der Waals surface area contributed by atoms with Gasteiger partial charge in [-0.3, -0.25) is 14.5 Å². The Kier molecular flexibility index (Phi) is 6.15. The lowest BCUT2D eigenvalue weighted by Crippen LogP contribution is -2.43. The fourth-order valence-electron chi connectivity index (χ4n) is 2.09. The van der Waals surface area contributed by atoms with Crippen molar-refractivity contribution in [1.29, 1.82) is 0 Å². The Morgan fingerprint density at radius 2 is 1.92 bits per heavy atom. The molecule has 0 radical (unpaired) electrons. The third-order valence-electron chi connectivity index (χ3n) is 3.25. The highest BCUT2D eigenvalue weighted by Gasteiger charge is 2.27. The van der Waals surface area contributed by atoms with Gasteiger partial charge in [-0.1, -0.05) is 36.9 Å². The quantitative estimate of drug-likeness (QED) is 0.321. The summed E-state index contributed by atoms with van der Waals surface area (Å²) in [5.74, 6) is 4.93. The Bertz CT molecular complexity index is 838. The zero-order chi connectivity index (χ0) is 18.3. The SMILES string of the molecule is C=CCOc1cccc(N(CC(=O)NN)S(=O)(=O)c2ccccc2)c1. The van der Waals surface area contributed by atoms with Gasteiger partial charge >= 0.3 is 0 Å². The zero-order valence-electron chi connectivity index (χ0n) is 13.5. The van der Waals surface area contributed by atoms with Crippen LogP contribution in [0.25, 0.3) is 0 Å². The molecule has 2 rings (SSSR count). The number of carbonyl (C=O) groups excluding carboxylic acids is 1. The fourth-order valence-corrected chi connectivity index (χ4v) is 3.53. The van der Waals surface area contributed by atoms with E-state index in [2.05, 4.69) is 6.58 Å². The normalized spacial score (nSPS) is 10.8. The predicted molar refractivity (Wildman–Crippen MR) is 95.4 cm³/mol. The van der Waals surface area contributed by atoms with Crippen molar-refractivity contribution >= 4 is 21.6 Å². The third kappa shape index (κ3) is 4.59. The van der Waals surface area contributed by atoms with Gasteiger partial charge in [0.1, 0.15) is 18.9 Å². The molecule has 0 saturated carbocycles. The van der Waals surface area contributed by atoms with E-state index < -0.39 is 22.5 Å². The van der Waals surface area contributed by atoms with Gasteiger partial charge in [-0.15, -0.1) is 0 Å². The number of amides is 1. The third-order valence-corrected chi connectivity index (χ3v) is 5.04. The van der Waals surface area contributed by atoms with Crippen LogP contribution in [0.1, 0.15) is 0 Å². The molecule has 7 nitrogen and oxygen atoms in total. The summed E-state index contributed by atoms with van der Waals surface area (Å²) in [7, 11) is -3.96. The first-order chi connectivity index (χ1) is 12.0. The molecular formula is C17H19N3O4S. The maximum atomic E-state index is 13.0. The van der Waals surface area contributed by atoms with Crippen LogP contribution in [0.2, 0.25) is 0 Å². The molecule has 3 N–H and O–H groups in total. The van der Waals surface area contributed by atoms with Crippen molar-refractivity contribution in [3.8, 4) is 5.75 Å².